The van der Waals surface area contributed by atoms with E-state index in [9.17, 15) is 4.79 Å². The number of hydrogen-bond acceptors (Lipinski definition) is 2. The van der Waals surface area contributed by atoms with Gasteiger partial charge in [-0.3, -0.25) is 4.79 Å². The lowest BCUT2D eigenvalue weighted by Crippen LogP contribution is -2.27. The normalized spacial score (nSPS) is 13.9. The van der Waals surface area contributed by atoms with Crippen LogP contribution >= 0.6 is 0 Å². The van der Waals surface area contributed by atoms with Crippen LogP contribution in [0.25, 0.3) is 10.9 Å². The first kappa shape index (κ1) is 17.5. The van der Waals surface area contributed by atoms with Crippen molar-refractivity contribution in [2.24, 2.45) is 11.8 Å². The van der Waals surface area contributed by atoms with E-state index in [2.05, 4.69) is 36.3 Å². The molecule has 2 aromatic rings. The number of carbonyl (C=O) groups is 1. The predicted octanol–water partition coefficient (Wildman–Crippen LogP) is 3.26. The van der Waals surface area contributed by atoms with Crippen molar-refractivity contribution in [3.63, 3.8) is 0 Å². The molecule has 1 aromatic carbocycles. The summed E-state index contributed by atoms with van der Waals surface area (Å²) < 4.78 is 0. The van der Waals surface area contributed by atoms with Gasteiger partial charge in [0.25, 0.3) is 0 Å². The number of H-pyrrole nitrogens is 1. The van der Waals surface area contributed by atoms with E-state index in [0.29, 0.717) is 24.8 Å². The van der Waals surface area contributed by atoms with E-state index in [-0.39, 0.29) is 12.5 Å². The summed E-state index contributed by atoms with van der Waals surface area (Å²) >= 11 is 0. The molecule has 4 heteroatoms. The number of aliphatic hydroxyl groups is 1. The van der Waals surface area contributed by atoms with E-state index < -0.39 is 0 Å². The molecule has 1 aromatic heterocycles. The number of para-hydroxylation sites is 1. The van der Waals surface area contributed by atoms with E-state index in [0.717, 1.165) is 24.8 Å². The Morgan fingerprint density at radius 2 is 2.04 bits per heavy atom. The average Bonchev–Trinajstić information content (AvgIpc) is 2.90. The SMILES string of the molecule is CC(CCO)CC(C)CC(=O)NCCc1c[nH]c2ccccc12. The Morgan fingerprint density at radius 3 is 2.83 bits per heavy atom. The number of nitrogens with one attached hydrogen (secondary N) is 2. The standard InChI is InChI=1S/C19H28N2O2/c1-14(8-10-22)11-15(2)12-19(23)20-9-7-16-13-21-18-6-4-3-5-17(16)18/h3-6,13-15,21-22H,7-12H2,1-2H3,(H,20,23). The van der Waals surface area contributed by atoms with Crippen LogP contribution in [0.4, 0.5) is 0 Å². The Hall–Kier alpha value is -1.81. The topological polar surface area (TPSA) is 65.1 Å². The highest BCUT2D eigenvalue weighted by atomic mass is 16.3. The first-order valence-corrected chi connectivity index (χ1v) is 8.52. The van der Waals surface area contributed by atoms with Crippen molar-refractivity contribution in [2.75, 3.05) is 13.2 Å². The summed E-state index contributed by atoms with van der Waals surface area (Å²) in [6.45, 7) is 5.12. The molecular formula is C19H28N2O2. The molecule has 0 bridgehead atoms. The lowest BCUT2D eigenvalue weighted by atomic mass is 9.92. The number of hydrogen-bond donors (Lipinski definition) is 3. The lowest BCUT2D eigenvalue weighted by molar-refractivity contribution is -0.121. The minimum absolute atomic E-state index is 0.119. The third kappa shape index (κ3) is 5.39. The third-order valence-corrected chi connectivity index (χ3v) is 4.35. The molecular weight excluding hydrogens is 288 g/mol. The van der Waals surface area contributed by atoms with Crippen molar-refractivity contribution < 1.29 is 9.90 Å². The zero-order chi connectivity index (χ0) is 16.7. The van der Waals surface area contributed by atoms with Crippen molar-refractivity contribution in [1.82, 2.24) is 10.3 Å². The Morgan fingerprint density at radius 1 is 1.26 bits per heavy atom. The molecule has 0 aliphatic heterocycles. The summed E-state index contributed by atoms with van der Waals surface area (Å²) in [5.41, 5.74) is 2.38. The van der Waals surface area contributed by atoms with Crippen LogP contribution in [0.15, 0.2) is 30.5 Å². The van der Waals surface area contributed by atoms with Gasteiger partial charge in [0.15, 0.2) is 0 Å². The number of rotatable bonds is 9. The van der Waals surface area contributed by atoms with Gasteiger partial charge in [-0.2, -0.15) is 0 Å². The van der Waals surface area contributed by atoms with Gasteiger partial charge in [-0.25, -0.2) is 0 Å². The van der Waals surface area contributed by atoms with Crippen LogP contribution < -0.4 is 5.32 Å². The van der Waals surface area contributed by atoms with E-state index in [4.69, 9.17) is 5.11 Å². The molecule has 23 heavy (non-hydrogen) atoms. The second-order valence-corrected chi connectivity index (χ2v) is 6.62. The molecule has 0 saturated heterocycles. The summed E-state index contributed by atoms with van der Waals surface area (Å²) in [5, 5.41) is 13.2. The monoisotopic (exact) mass is 316 g/mol. The molecule has 126 valence electrons. The Kier molecular flexibility index (Phi) is 6.66. The van der Waals surface area contributed by atoms with Crippen molar-refractivity contribution in [3.05, 3.63) is 36.0 Å². The number of fused-ring (bicyclic) bond motifs is 1. The van der Waals surface area contributed by atoms with Crippen LogP contribution in [0.1, 0.15) is 38.7 Å². The van der Waals surface area contributed by atoms with Gasteiger partial charge in [0.05, 0.1) is 0 Å². The minimum Gasteiger partial charge on any atom is -0.396 e. The maximum absolute atomic E-state index is 12.0. The number of carbonyl (C=O) groups excluding carboxylic acids is 1. The molecule has 2 atom stereocenters. The first-order chi connectivity index (χ1) is 11.1. The van der Waals surface area contributed by atoms with E-state index >= 15 is 0 Å². The zero-order valence-electron chi connectivity index (χ0n) is 14.1. The first-order valence-electron chi connectivity index (χ1n) is 8.52. The number of aromatic nitrogens is 1. The maximum atomic E-state index is 12.0. The molecule has 3 N–H and O–H groups in total. The van der Waals surface area contributed by atoms with Gasteiger partial charge < -0.3 is 15.4 Å². The molecule has 1 heterocycles. The number of aromatic amines is 1. The van der Waals surface area contributed by atoms with Crippen LogP contribution in [-0.2, 0) is 11.2 Å². The minimum atomic E-state index is 0.119. The fraction of sp³-hybridized carbons (Fsp3) is 0.526. The van der Waals surface area contributed by atoms with Crippen LogP contribution in [0.3, 0.4) is 0 Å². The van der Waals surface area contributed by atoms with Gasteiger partial charge >= 0.3 is 0 Å². The summed E-state index contributed by atoms with van der Waals surface area (Å²) in [7, 11) is 0. The fourth-order valence-electron chi connectivity index (χ4n) is 3.17. The molecule has 4 nitrogen and oxygen atoms in total. The Balaban J connectivity index is 1.72. The van der Waals surface area contributed by atoms with Gasteiger partial charge in [-0.05, 0) is 42.7 Å². The molecule has 0 fully saturated rings. The number of benzene rings is 1. The second kappa shape index (κ2) is 8.73. The molecule has 0 aliphatic rings. The molecule has 0 aliphatic carbocycles. The van der Waals surface area contributed by atoms with Crippen LogP contribution in [0, 0.1) is 11.8 Å². The zero-order valence-corrected chi connectivity index (χ0v) is 14.1. The van der Waals surface area contributed by atoms with Gasteiger partial charge in [-0.15, -0.1) is 0 Å². The summed E-state index contributed by atoms with van der Waals surface area (Å²) in [6, 6.07) is 8.22. The highest BCUT2D eigenvalue weighted by molar-refractivity contribution is 5.83. The van der Waals surface area contributed by atoms with E-state index in [1.54, 1.807) is 0 Å². The van der Waals surface area contributed by atoms with Crippen molar-refractivity contribution in [1.29, 1.82) is 0 Å². The third-order valence-electron chi connectivity index (χ3n) is 4.35. The molecule has 1 amide bonds. The summed E-state index contributed by atoms with van der Waals surface area (Å²) in [6.07, 6.45) is 5.22. The van der Waals surface area contributed by atoms with Crippen molar-refractivity contribution in [2.45, 2.75) is 39.5 Å². The predicted molar refractivity (Wildman–Crippen MR) is 94.3 cm³/mol. The number of aliphatic hydroxyl groups excluding tert-OH is 1. The molecule has 0 spiro atoms. The quantitative estimate of drug-likeness (QED) is 0.665. The highest BCUT2D eigenvalue weighted by Crippen LogP contribution is 2.19. The summed E-state index contributed by atoms with van der Waals surface area (Å²) in [4.78, 5) is 15.3. The fourth-order valence-corrected chi connectivity index (χ4v) is 3.17. The molecule has 0 radical (unpaired) electrons. The second-order valence-electron chi connectivity index (χ2n) is 6.62. The van der Waals surface area contributed by atoms with Gasteiger partial charge in [0, 0.05) is 36.7 Å². The maximum Gasteiger partial charge on any atom is 0.220 e. The highest BCUT2D eigenvalue weighted by Gasteiger charge is 2.12. The van der Waals surface area contributed by atoms with Crippen molar-refractivity contribution in [3.8, 4) is 0 Å². The molecule has 2 rings (SSSR count). The smallest absolute Gasteiger partial charge is 0.220 e. The van der Waals surface area contributed by atoms with Crippen LogP contribution in [-0.4, -0.2) is 29.1 Å². The van der Waals surface area contributed by atoms with Crippen molar-refractivity contribution >= 4 is 16.8 Å². The van der Waals surface area contributed by atoms with E-state index in [1.807, 2.05) is 18.3 Å². The largest absolute Gasteiger partial charge is 0.396 e. The van der Waals surface area contributed by atoms with Gasteiger partial charge in [-0.1, -0.05) is 32.0 Å². The Labute approximate surface area is 138 Å². The number of amides is 1. The van der Waals surface area contributed by atoms with E-state index in [1.165, 1.54) is 10.9 Å². The molecule has 2 unspecified atom stereocenters. The lowest BCUT2D eigenvalue weighted by Gasteiger charge is -2.16. The van der Waals surface area contributed by atoms with Crippen LogP contribution in [0.2, 0.25) is 0 Å². The van der Waals surface area contributed by atoms with Gasteiger partial charge in [0.1, 0.15) is 0 Å². The Bertz CT molecular complexity index is 621. The van der Waals surface area contributed by atoms with Crippen LogP contribution in [0.5, 0.6) is 0 Å². The van der Waals surface area contributed by atoms with Gasteiger partial charge in [0.2, 0.25) is 5.91 Å². The molecule has 0 saturated carbocycles. The summed E-state index contributed by atoms with van der Waals surface area (Å²) in [5.74, 6) is 0.937. The average molecular weight is 316 g/mol.